The zero-order chi connectivity index (χ0) is 14.9. The molecule has 0 radical (unpaired) electrons. The van der Waals surface area contributed by atoms with Crippen molar-refractivity contribution in [3.05, 3.63) is 35.7 Å². The van der Waals surface area contributed by atoms with Crippen LogP contribution in [0.3, 0.4) is 0 Å². The summed E-state index contributed by atoms with van der Waals surface area (Å²) in [4.78, 5) is 4.66. The van der Waals surface area contributed by atoms with Crippen LogP contribution in [0.25, 0.3) is 11.4 Å². The number of benzene rings is 1. The van der Waals surface area contributed by atoms with E-state index in [2.05, 4.69) is 60.5 Å². The lowest BCUT2D eigenvalue weighted by Crippen LogP contribution is -2.28. The smallest absolute Gasteiger partial charge is 0.234 e. The third-order valence-corrected chi connectivity index (χ3v) is 4.64. The molecule has 1 N–H and O–H groups in total. The molecule has 112 valence electrons. The molecule has 0 saturated carbocycles. The number of rotatable bonds is 4. The van der Waals surface area contributed by atoms with Crippen LogP contribution in [-0.2, 0) is 5.41 Å². The maximum atomic E-state index is 5.57. The van der Waals surface area contributed by atoms with Gasteiger partial charge < -0.3 is 9.84 Å². The van der Waals surface area contributed by atoms with Crippen LogP contribution in [0.15, 0.2) is 28.8 Å². The molecule has 4 heteroatoms. The van der Waals surface area contributed by atoms with Gasteiger partial charge in [-0.3, -0.25) is 0 Å². The molecule has 0 aliphatic carbocycles. The minimum absolute atomic E-state index is 0.0170. The van der Waals surface area contributed by atoms with Crippen molar-refractivity contribution in [2.24, 2.45) is 0 Å². The third-order valence-electron chi connectivity index (χ3n) is 4.64. The van der Waals surface area contributed by atoms with Gasteiger partial charge in [-0.1, -0.05) is 50.2 Å². The quantitative estimate of drug-likeness (QED) is 0.934. The molecule has 0 amide bonds. The summed E-state index contributed by atoms with van der Waals surface area (Å²) < 4.78 is 5.57. The van der Waals surface area contributed by atoms with Crippen LogP contribution in [0.2, 0.25) is 0 Å². The Labute approximate surface area is 126 Å². The van der Waals surface area contributed by atoms with E-state index >= 15 is 0 Å². The molecule has 1 aromatic carbocycles. The molecule has 1 fully saturated rings. The van der Waals surface area contributed by atoms with Crippen LogP contribution < -0.4 is 5.32 Å². The number of hydrogen-bond donors (Lipinski definition) is 1. The van der Waals surface area contributed by atoms with Crippen molar-refractivity contribution in [2.75, 3.05) is 13.1 Å². The first-order chi connectivity index (χ1) is 10.1. The van der Waals surface area contributed by atoms with Gasteiger partial charge in [-0.2, -0.15) is 4.98 Å². The van der Waals surface area contributed by atoms with Gasteiger partial charge in [0.2, 0.25) is 11.7 Å². The zero-order valence-electron chi connectivity index (χ0n) is 13.0. The normalized spacial score (nSPS) is 22.1. The van der Waals surface area contributed by atoms with E-state index in [1.165, 1.54) is 5.56 Å². The molecular weight excluding hydrogens is 262 g/mol. The molecule has 0 bridgehead atoms. The second-order valence-electron chi connectivity index (χ2n) is 6.26. The molecule has 1 aromatic heterocycles. The Morgan fingerprint density at radius 1 is 1.29 bits per heavy atom. The maximum Gasteiger partial charge on any atom is 0.234 e. The van der Waals surface area contributed by atoms with Crippen LogP contribution in [0.4, 0.5) is 0 Å². The van der Waals surface area contributed by atoms with Crippen LogP contribution in [0.5, 0.6) is 0 Å². The van der Waals surface area contributed by atoms with Gasteiger partial charge in [-0.15, -0.1) is 0 Å². The Hall–Kier alpha value is -1.68. The first-order valence-corrected chi connectivity index (χ1v) is 7.80. The summed E-state index contributed by atoms with van der Waals surface area (Å²) in [6, 6.07) is 8.44. The second kappa shape index (κ2) is 5.60. The van der Waals surface area contributed by atoms with Crippen molar-refractivity contribution in [1.29, 1.82) is 0 Å². The van der Waals surface area contributed by atoms with Gasteiger partial charge in [0.05, 0.1) is 5.41 Å². The van der Waals surface area contributed by atoms with Crippen molar-refractivity contribution in [3.63, 3.8) is 0 Å². The molecule has 1 unspecified atom stereocenters. The van der Waals surface area contributed by atoms with Crippen LogP contribution >= 0.6 is 0 Å². The molecule has 2 aromatic rings. The van der Waals surface area contributed by atoms with E-state index in [4.69, 9.17) is 4.52 Å². The van der Waals surface area contributed by atoms with Gasteiger partial charge in [-0.25, -0.2) is 0 Å². The molecule has 4 nitrogen and oxygen atoms in total. The Kier molecular flexibility index (Phi) is 3.81. The van der Waals surface area contributed by atoms with Gasteiger partial charge in [0.15, 0.2) is 0 Å². The highest BCUT2D eigenvalue weighted by Crippen LogP contribution is 2.34. The van der Waals surface area contributed by atoms with E-state index in [0.29, 0.717) is 11.7 Å². The number of nitrogens with one attached hydrogen (secondary N) is 1. The molecule has 3 rings (SSSR count). The minimum atomic E-state index is 0.0170. The summed E-state index contributed by atoms with van der Waals surface area (Å²) in [5, 5.41) is 7.59. The molecule has 21 heavy (non-hydrogen) atoms. The average Bonchev–Trinajstić information content (AvgIpc) is 3.17. The fraction of sp³-hybridized carbons (Fsp3) is 0.529. The third kappa shape index (κ3) is 2.60. The summed E-state index contributed by atoms with van der Waals surface area (Å²) in [7, 11) is 0. The lowest BCUT2D eigenvalue weighted by atomic mass is 9.84. The van der Waals surface area contributed by atoms with Crippen molar-refractivity contribution < 1.29 is 4.52 Å². The van der Waals surface area contributed by atoms with Crippen molar-refractivity contribution in [3.8, 4) is 11.4 Å². The van der Waals surface area contributed by atoms with Gasteiger partial charge >= 0.3 is 0 Å². The van der Waals surface area contributed by atoms with Crippen molar-refractivity contribution >= 4 is 0 Å². The first kappa shape index (κ1) is 14.3. The Morgan fingerprint density at radius 2 is 2.05 bits per heavy atom. The van der Waals surface area contributed by atoms with E-state index < -0.39 is 0 Å². The van der Waals surface area contributed by atoms with Gasteiger partial charge in [-0.05, 0) is 30.9 Å². The molecule has 1 atom stereocenters. The number of nitrogens with zero attached hydrogens (tertiary/aromatic N) is 2. The van der Waals surface area contributed by atoms with E-state index in [0.717, 1.165) is 37.4 Å². The van der Waals surface area contributed by atoms with Crippen LogP contribution in [0, 0.1) is 0 Å². The summed E-state index contributed by atoms with van der Waals surface area (Å²) in [5.41, 5.74) is 2.36. The fourth-order valence-electron chi connectivity index (χ4n) is 2.95. The SMILES string of the molecule is CCC1(c2nc(-c3ccc(C(C)C)cc3)no2)CCNC1. The molecule has 1 aliphatic heterocycles. The first-order valence-electron chi connectivity index (χ1n) is 7.80. The average molecular weight is 285 g/mol. The Morgan fingerprint density at radius 3 is 2.62 bits per heavy atom. The zero-order valence-corrected chi connectivity index (χ0v) is 13.0. The summed E-state index contributed by atoms with van der Waals surface area (Å²) in [6.45, 7) is 8.53. The van der Waals surface area contributed by atoms with Crippen LogP contribution in [-0.4, -0.2) is 23.2 Å². The molecule has 1 saturated heterocycles. The van der Waals surface area contributed by atoms with Gasteiger partial charge in [0.1, 0.15) is 0 Å². The monoisotopic (exact) mass is 285 g/mol. The standard InChI is InChI=1S/C17H23N3O/c1-4-17(9-10-18-11-17)16-19-15(20-21-16)14-7-5-13(6-8-14)12(2)3/h5-8,12,18H,4,9-11H2,1-3H3. The second-order valence-corrected chi connectivity index (χ2v) is 6.26. The Bertz CT molecular complexity index is 595. The summed E-state index contributed by atoms with van der Waals surface area (Å²) >= 11 is 0. The van der Waals surface area contributed by atoms with Crippen LogP contribution in [0.1, 0.15) is 51.0 Å². The van der Waals surface area contributed by atoms with E-state index in [1.54, 1.807) is 0 Å². The van der Waals surface area contributed by atoms with Gasteiger partial charge in [0.25, 0.3) is 0 Å². The highest BCUT2D eigenvalue weighted by atomic mass is 16.5. The highest BCUT2D eigenvalue weighted by molar-refractivity contribution is 5.55. The lowest BCUT2D eigenvalue weighted by molar-refractivity contribution is 0.285. The molecule has 0 spiro atoms. The van der Waals surface area contributed by atoms with E-state index in [1.807, 2.05) is 0 Å². The van der Waals surface area contributed by atoms with E-state index in [9.17, 15) is 0 Å². The predicted molar refractivity (Wildman–Crippen MR) is 83.3 cm³/mol. The van der Waals surface area contributed by atoms with Gasteiger partial charge in [0, 0.05) is 12.1 Å². The van der Waals surface area contributed by atoms with E-state index in [-0.39, 0.29) is 5.41 Å². The topological polar surface area (TPSA) is 51.0 Å². The molecular formula is C17H23N3O. The lowest BCUT2D eigenvalue weighted by Gasteiger charge is -2.20. The number of aromatic nitrogens is 2. The highest BCUT2D eigenvalue weighted by Gasteiger charge is 2.39. The predicted octanol–water partition coefficient (Wildman–Crippen LogP) is 3.50. The largest absolute Gasteiger partial charge is 0.338 e. The molecule has 1 aliphatic rings. The van der Waals surface area contributed by atoms with Crippen molar-refractivity contribution in [2.45, 2.75) is 44.9 Å². The fourth-order valence-corrected chi connectivity index (χ4v) is 2.95. The molecule has 2 heterocycles. The number of hydrogen-bond acceptors (Lipinski definition) is 4. The summed E-state index contributed by atoms with van der Waals surface area (Å²) in [5.74, 6) is 2.01. The minimum Gasteiger partial charge on any atom is -0.338 e. The Balaban J connectivity index is 1.87. The van der Waals surface area contributed by atoms with Crippen molar-refractivity contribution in [1.82, 2.24) is 15.5 Å². The maximum absolute atomic E-state index is 5.57. The summed E-state index contributed by atoms with van der Waals surface area (Å²) in [6.07, 6.45) is 2.09.